The first-order valence-corrected chi connectivity index (χ1v) is 5.88. The molecule has 0 bridgehead atoms. The summed E-state index contributed by atoms with van der Waals surface area (Å²) in [5.74, 6) is -0.496. The molecule has 0 aliphatic rings. The molecule has 0 aromatic rings. The topological polar surface area (TPSA) is 32.3 Å². The molecular weight excluding hydrogens is 233 g/mol. The van der Waals surface area contributed by atoms with Gasteiger partial charge < -0.3 is 10.2 Å². The van der Waals surface area contributed by atoms with Gasteiger partial charge in [-0.1, -0.05) is 13.8 Å². The monoisotopic (exact) mass is 254 g/mol. The zero-order valence-corrected chi connectivity index (χ0v) is 10.6. The summed E-state index contributed by atoms with van der Waals surface area (Å²) in [5, 5.41) is 2.90. The van der Waals surface area contributed by atoms with Crippen LogP contribution in [-0.2, 0) is 4.79 Å². The second-order valence-electron chi connectivity index (χ2n) is 4.12. The van der Waals surface area contributed by atoms with Crippen LogP contribution in [0.1, 0.15) is 33.6 Å². The van der Waals surface area contributed by atoms with E-state index in [1.54, 1.807) is 6.92 Å². The van der Waals surface area contributed by atoms with Crippen LogP contribution in [0.25, 0.3) is 0 Å². The van der Waals surface area contributed by atoms with Crippen LogP contribution in [0, 0.1) is 0 Å². The highest BCUT2D eigenvalue weighted by Crippen LogP contribution is 2.16. The maximum absolute atomic E-state index is 12.2. The van der Waals surface area contributed by atoms with Crippen LogP contribution >= 0.6 is 0 Å². The van der Waals surface area contributed by atoms with Crippen molar-refractivity contribution < 1.29 is 18.0 Å². The van der Waals surface area contributed by atoms with Crippen LogP contribution in [0.3, 0.4) is 0 Å². The van der Waals surface area contributed by atoms with Crippen molar-refractivity contribution in [3.05, 3.63) is 0 Å². The number of amides is 1. The molecule has 1 unspecified atom stereocenters. The van der Waals surface area contributed by atoms with Gasteiger partial charge >= 0.3 is 6.18 Å². The SMILES string of the molecule is CCCN(CC(F)(F)F)C(=O)CNC(C)CC. The Labute approximate surface area is 100 Å². The molecule has 0 saturated carbocycles. The summed E-state index contributed by atoms with van der Waals surface area (Å²) in [5.41, 5.74) is 0. The average Bonchev–Trinajstić information content (AvgIpc) is 2.23. The van der Waals surface area contributed by atoms with E-state index in [-0.39, 0.29) is 19.1 Å². The molecule has 0 aromatic heterocycles. The van der Waals surface area contributed by atoms with E-state index in [1.165, 1.54) is 0 Å². The fourth-order valence-electron chi connectivity index (χ4n) is 1.30. The van der Waals surface area contributed by atoms with Gasteiger partial charge in [-0.05, 0) is 19.8 Å². The number of nitrogens with zero attached hydrogens (tertiary/aromatic N) is 1. The average molecular weight is 254 g/mol. The number of carbonyl (C=O) groups is 1. The Morgan fingerprint density at radius 1 is 1.35 bits per heavy atom. The van der Waals surface area contributed by atoms with Crippen molar-refractivity contribution in [2.24, 2.45) is 0 Å². The summed E-state index contributed by atoms with van der Waals surface area (Å²) in [7, 11) is 0. The van der Waals surface area contributed by atoms with Gasteiger partial charge in [0.2, 0.25) is 5.91 Å². The van der Waals surface area contributed by atoms with Gasteiger partial charge in [0.15, 0.2) is 0 Å². The fourth-order valence-corrected chi connectivity index (χ4v) is 1.30. The maximum atomic E-state index is 12.2. The predicted molar refractivity (Wildman–Crippen MR) is 60.7 cm³/mol. The highest BCUT2D eigenvalue weighted by atomic mass is 19.4. The Hall–Kier alpha value is -0.780. The quantitative estimate of drug-likeness (QED) is 0.755. The number of nitrogens with one attached hydrogen (secondary N) is 1. The van der Waals surface area contributed by atoms with Gasteiger partial charge in [0.1, 0.15) is 6.54 Å². The molecule has 102 valence electrons. The highest BCUT2D eigenvalue weighted by molar-refractivity contribution is 5.78. The van der Waals surface area contributed by atoms with Crippen molar-refractivity contribution in [2.45, 2.75) is 45.8 Å². The second kappa shape index (κ2) is 7.53. The third-order valence-corrected chi connectivity index (χ3v) is 2.43. The molecule has 0 radical (unpaired) electrons. The first-order chi connectivity index (χ1) is 7.80. The van der Waals surface area contributed by atoms with E-state index in [0.717, 1.165) is 11.3 Å². The third kappa shape index (κ3) is 8.01. The van der Waals surface area contributed by atoms with E-state index in [4.69, 9.17) is 0 Å². The van der Waals surface area contributed by atoms with Gasteiger partial charge in [0.05, 0.1) is 6.54 Å². The number of hydrogen-bond acceptors (Lipinski definition) is 2. The smallest absolute Gasteiger partial charge is 0.332 e. The van der Waals surface area contributed by atoms with Crippen LogP contribution < -0.4 is 5.32 Å². The molecule has 0 saturated heterocycles. The highest BCUT2D eigenvalue weighted by Gasteiger charge is 2.32. The lowest BCUT2D eigenvalue weighted by atomic mass is 10.2. The number of alkyl halides is 3. The van der Waals surface area contributed by atoms with Crippen LogP contribution in [0.5, 0.6) is 0 Å². The summed E-state index contributed by atoms with van der Waals surface area (Å²) < 4.78 is 36.7. The van der Waals surface area contributed by atoms with E-state index in [1.807, 2.05) is 13.8 Å². The number of hydrogen-bond donors (Lipinski definition) is 1. The minimum atomic E-state index is -4.33. The Balaban J connectivity index is 4.24. The molecule has 3 nitrogen and oxygen atoms in total. The molecule has 0 aliphatic carbocycles. The van der Waals surface area contributed by atoms with E-state index >= 15 is 0 Å². The minimum Gasteiger partial charge on any atom is -0.332 e. The summed E-state index contributed by atoms with van der Waals surface area (Å²) in [6.45, 7) is 4.52. The Morgan fingerprint density at radius 2 is 1.94 bits per heavy atom. The van der Waals surface area contributed by atoms with Gasteiger partial charge in [-0.2, -0.15) is 13.2 Å². The van der Waals surface area contributed by atoms with Gasteiger partial charge in [0.25, 0.3) is 0 Å². The van der Waals surface area contributed by atoms with E-state index in [0.29, 0.717) is 6.42 Å². The van der Waals surface area contributed by atoms with E-state index < -0.39 is 18.6 Å². The van der Waals surface area contributed by atoms with Crippen LogP contribution in [-0.4, -0.2) is 42.7 Å². The molecule has 1 N–H and O–H groups in total. The molecule has 0 spiro atoms. The van der Waals surface area contributed by atoms with Gasteiger partial charge in [-0.3, -0.25) is 4.79 Å². The lowest BCUT2D eigenvalue weighted by Crippen LogP contribution is -2.45. The largest absolute Gasteiger partial charge is 0.406 e. The molecule has 1 atom stereocenters. The predicted octanol–water partition coefficient (Wildman–Crippen LogP) is 2.18. The summed E-state index contributed by atoms with van der Waals surface area (Å²) >= 11 is 0. The zero-order valence-electron chi connectivity index (χ0n) is 10.6. The van der Waals surface area contributed by atoms with Gasteiger partial charge in [-0.25, -0.2) is 0 Å². The molecule has 6 heteroatoms. The normalized spacial score (nSPS) is 13.5. The lowest BCUT2D eigenvalue weighted by molar-refractivity contribution is -0.160. The number of carbonyl (C=O) groups excluding carboxylic acids is 1. The van der Waals surface area contributed by atoms with Gasteiger partial charge in [-0.15, -0.1) is 0 Å². The van der Waals surface area contributed by atoms with Crippen molar-refractivity contribution >= 4 is 5.91 Å². The van der Waals surface area contributed by atoms with Crippen molar-refractivity contribution in [3.8, 4) is 0 Å². The second-order valence-corrected chi connectivity index (χ2v) is 4.12. The molecule has 0 heterocycles. The number of rotatable bonds is 7. The Kier molecular flexibility index (Phi) is 7.18. The molecule has 0 rings (SSSR count). The molecule has 17 heavy (non-hydrogen) atoms. The van der Waals surface area contributed by atoms with Crippen LogP contribution in [0.15, 0.2) is 0 Å². The molecule has 0 aliphatic heterocycles. The van der Waals surface area contributed by atoms with Crippen molar-refractivity contribution in [1.82, 2.24) is 10.2 Å². The number of halogens is 3. The zero-order chi connectivity index (χ0) is 13.5. The first kappa shape index (κ1) is 16.2. The van der Waals surface area contributed by atoms with E-state index in [2.05, 4.69) is 5.32 Å². The van der Waals surface area contributed by atoms with Gasteiger partial charge in [0, 0.05) is 12.6 Å². The fraction of sp³-hybridized carbons (Fsp3) is 0.909. The summed E-state index contributed by atoms with van der Waals surface area (Å²) in [6, 6.07) is 0.133. The van der Waals surface area contributed by atoms with Crippen molar-refractivity contribution in [1.29, 1.82) is 0 Å². The summed E-state index contributed by atoms with van der Waals surface area (Å²) in [6.07, 6.45) is -2.98. The molecule has 1 amide bonds. The Morgan fingerprint density at radius 3 is 2.35 bits per heavy atom. The van der Waals surface area contributed by atoms with Crippen molar-refractivity contribution in [3.63, 3.8) is 0 Å². The molecular formula is C11H21F3N2O. The maximum Gasteiger partial charge on any atom is 0.406 e. The molecule has 0 aromatic carbocycles. The van der Waals surface area contributed by atoms with Crippen LogP contribution in [0.4, 0.5) is 13.2 Å². The van der Waals surface area contributed by atoms with Crippen molar-refractivity contribution in [2.75, 3.05) is 19.6 Å². The Bertz CT molecular complexity index is 231. The standard InChI is InChI=1S/C11H21F3N2O/c1-4-6-16(8-11(12,13)14)10(17)7-15-9(3)5-2/h9,15H,4-8H2,1-3H3. The molecule has 0 fully saturated rings. The third-order valence-electron chi connectivity index (χ3n) is 2.43. The lowest BCUT2D eigenvalue weighted by Gasteiger charge is -2.24. The van der Waals surface area contributed by atoms with Crippen LogP contribution in [0.2, 0.25) is 0 Å². The minimum absolute atomic E-state index is 0.0366. The van der Waals surface area contributed by atoms with E-state index in [9.17, 15) is 18.0 Å². The first-order valence-electron chi connectivity index (χ1n) is 5.88. The summed E-state index contributed by atoms with van der Waals surface area (Å²) in [4.78, 5) is 12.5.